The highest BCUT2D eigenvalue weighted by molar-refractivity contribution is 7.91. The second-order valence-electron chi connectivity index (χ2n) is 9.72. The lowest BCUT2D eigenvalue weighted by atomic mass is 10.0. The molecule has 0 N–H and O–H groups in total. The van der Waals surface area contributed by atoms with Gasteiger partial charge in [0.25, 0.3) is 11.8 Å². The molecule has 3 heterocycles. The van der Waals surface area contributed by atoms with E-state index in [-0.39, 0.29) is 42.5 Å². The lowest BCUT2D eigenvalue weighted by molar-refractivity contribution is 0.0635. The number of rotatable bonds is 4. The zero-order valence-electron chi connectivity index (χ0n) is 20.0. The predicted molar refractivity (Wildman–Crippen MR) is 129 cm³/mol. The lowest BCUT2D eigenvalue weighted by Gasteiger charge is -2.36. The van der Waals surface area contributed by atoms with Crippen molar-refractivity contribution >= 4 is 32.6 Å². The van der Waals surface area contributed by atoms with Gasteiger partial charge in [0.05, 0.1) is 11.5 Å². The van der Waals surface area contributed by atoms with Crippen LogP contribution in [0.15, 0.2) is 24.3 Å². The Labute approximate surface area is 196 Å². The molecule has 2 amide bonds. The number of sulfone groups is 1. The van der Waals surface area contributed by atoms with Crippen LogP contribution in [-0.2, 0) is 9.84 Å². The molecular formula is C24H34N4O4S. The van der Waals surface area contributed by atoms with Crippen molar-refractivity contribution in [3.8, 4) is 0 Å². The third kappa shape index (κ3) is 4.80. The molecule has 2 saturated heterocycles. The molecule has 2 aliphatic rings. The van der Waals surface area contributed by atoms with Crippen molar-refractivity contribution < 1.29 is 18.0 Å². The Kier molecular flexibility index (Phi) is 6.55. The molecule has 2 aliphatic heterocycles. The van der Waals surface area contributed by atoms with Gasteiger partial charge in [0.2, 0.25) is 0 Å². The van der Waals surface area contributed by atoms with Crippen LogP contribution in [0.3, 0.4) is 0 Å². The molecular weight excluding hydrogens is 440 g/mol. The van der Waals surface area contributed by atoms with Crippen LogP contribution in [0.25, 0.3) is 10.9 Å². The van der Waals surface area contributed by atoms with E-state index in [2.05, 4.69) is 19.0 Å². The van der Waals surface area contributed by atoms with E-state index in [0.717, 1.165) is 36.8 Å². The maximum absolute atomic E-state index is 13.3. The van der Waals surface area contributed by atoms with E-state index in [1.54, 1.807) is 4.90 Å². The van der Waals surface area contributed by atoms with Crippen LogP contribution in [0.2, 0.25) is 0 Å². The summed E-state index contributed by atoms with van der Waals surface area (Å²) in [6.07, 6.45) is 2.08. The van der Waals surface area contributed by atoms with Crippen molar-refractivity contribution in [2.24, 2.45) is 0 Å². The molecule has 2 aromatic rings. The number of benzene rings is 1. The lowest BCUT2D eigenvalue weighted by Crippen LogP contribution is -2.47. The standard InChI is InChI=1S/C24H34N4O4S/c1-17(2)28-21-8-7-18(23(29)27-9-5-6-20(16-27)25(3)4)14-19(21)15-22(28)24(30)26-10-12-33(31,32)13-11-26/h7-8,14-15,17,20H,5-6,9-13,16H2,1-4H3. The molecule has 9 heteroatoms. The Bertz CT molecular complexity index is 1150. The van der Waals surface area contributed by atoms with E-state index < -0.39 is 9.84 Å². The second kappa shape index (κ2) is 9.10. The fourth-order valence-electron chi connectivity index (χ4n) is 4.91. The van der Waals surface area contributed by atoms with Crippen LogP contribution >= 0.6 is 0 Å². The minimum Gasteiger partial charge on any atom is -0.337 e. The molecule has 0 radical (unpaired) electrons. The molecule has 1 unspecified atom stereocenters. The average molecular weight is 475 g/mol. The van der Waals surface area contributed by atoms with Crippen LogP contribution in [0.1, 0.15) is 53.6 Å². The van der Waals surface area contributed by atoms with Gasteiger partial charge < -0.3 is 19.3 Å². The highest BCUT2D eigenvalue weighted by Crippen LogP contribution is 2.28. The number of carbonyl (C=O) groups is 2. The zero-order chi connectivity index (χ0) is 23.9. The maximum Gasteiger partial charge on any atom is 0.270 e. The Morgan fingerprint density at radius 2 is 1.70 bits per heavy atom. The van der Waals surface area contributed by atoms with E-state index in [1.165, 1.54) is 0 Å². The number of nitrogens with zero attached hydrogens (tertiary/aromatic N) is 4. The van der Waals surface area contributed by atoms with Gasteiger partial charge in [-0.25, -0.2) is 8.42 Å². The molecule has 180 valence electrons. The molecule has 0 saturated carbocycles. The first-order chi connectivity index (χ1) is 15.6. The quantitative estimate of drug-likeness (QED) is 0.679. The summed E-state index contributed by atoms with van der Waals surface area (Å²) in [4.78, 5) is 32.3. The summed E-state index contributed by atoms with van der Waals surface area (Å²) in [6.45, 7) is 5.95. The molecule has 4 rings (SSSR count). The molecule has 1 atom stereocenters. The smallest absolute Gasteiger partial charge is 0.270 e. The summed E-state index contributed by atoms with van der Waals surface area (Å²) in [5, 5.41) is 0.851. The number of fused-ring (bicyclic) bond motifs is 1. The highest BCUT2D eigenvalue weighted by atomic mass is 32.2. The van der Waals surface area contributed by atoms with Crippen molar-refractivity contribution in [2.45, 2.75) is 38.8 Å². The van der Waals surface area contributed by atoms with Crippen molar-refractivity contribution in [3.05, 3.63) is 35.5 Å². The Balaban J connectivity index is 1.63. The summed E-state index contributed by atoms with van der Waals surface area (Å²) in [5.41, 5.74) is 2.07. The van der Waals surface area contributed by atoms with Crippen molar-refractivity contribution in [1.29, 1.82) is 0 Å². The minimum atomic E-state index is -3.06. The molecule has 1 aromatic heterocycles. The predicted octanol–water partition coefficient (Wildman–Crippen LogP) is 2.26. The van der Waals surface area contributed by atoms with E-state index in [9.17, 15) is 18.0 Å². The van der Waals surface area contributed by atoms with Gasteiger partial charge in [-0.15, -0.1) is 0 Å². The number of hydrogen-bond acceptors (Lipinski definition) is 5. The van der Waals surface area contributed by atoms with Gasteiger partial charge in [0.15, 0.2) is 9.84 Å². The first kappa shape index (κ1) is 23.8. The van der Waals surface area contributed by atoms with Gasteiger partial charge >= 0.3 is 0 Å². The Morgan fingerprint density at radius 3 is 2.33 bits per heavy atom. The molecule has 0 bridgehead atoms. The second-order valence-corrected chi connectivity index (χ2v) is 12.0. The molecule has 1 aromatic carbocycles. The minimum absolute atomic E-state index is 0.00305. The van der Waals surface area contributed by atoms with Gasteiger partial charge in [0, 0.05) is 54.7 Å². The Morgan fingerprint density at radius 1 is 1.00 bits per heavy atom. The third-order valence-electron chi connectivity index (χ3n) is 6.87. The number of hydrogen-bond donors (Lipinski definition) is 0. The van der Waals surface area contributed by atoms with E-state index in [4.69, 9.17) is 0 Å². The summed E-state index contributed by atoms with van der Waals surface area (Å²) < 4.78 is 25.5. The molecule has 0 spiro atoms. The highest BCUT2D eigenvalue weighted by Gasteiger charge is 2.29. The van der Waals surface area contributed by atoms with Crippen LogP contribution in [-0.4, -0.2) is 97.3 Å². The number of carbonyl (C=O) groups excluding carboxylic acids is 2. The van der Waals surface area contributed by atoms with Crippen molar-refractivity contribution in [3.63, 3.8) is 0 Å². The number of likely N-dealkylation sites (N-methyl/N-ethyl adjacent to an activating group) is 1. The normalized spacial score (nSPS) is 21.2. The zero-order valence-corrected chi connectivity index (χ0v) is 20.8. The molecule has 0 aliphatic carbocycles. The first-order valence-electron chi connectivity index (χ1n) is 11.7. The van der Waals surface area contributed by atoms with Crippen molar-refractivity contribution in [1.82, 2.24) is 19.3 Å². The summed E-state index contributed by atoms with van der Waals surface area (Å²) in [7, 11) is 1.04. The fourth-order valence-corrected chi connectivity index (χ4v) is 6.11. The summed E-state index contributed by atoms with van der Waals surface area (Å²) in [5.74, 6) is -0.131. The van der Waals surface area contributed by atoms with E-state index >= 15 is 0 Å². The fraction of sp³-hybridized carbons (Fsp3) is 0.583. The van der Waals surface area contributed by atoms with Gasteiger partial charge in [-0.05, 0) is 65.0 Å². The molecule has 8 nitrogen and oxygen atoms in total. The Hall–Kier alpha value is -2.39. The van der Waals surface area contributed by atoms with Gasteiger partial charge in [-0.2, -0.15) is 0 Å². The largest absolute Gasteiger partial charge is 0.337 e. The van der Waals surface area contributed by atoms with Crippen LogP contribution in [0.4, 0.5) is 0 Å². The summed E-state index contributed by atoms with van der Waals surface area (Å²) >= 11 is 0. The maximum atomic E-state index is 13.3. The number of likely N-dealkylation sites (tertiary alicyclic amines) is 1. The van der Waals surface area contributed by atoms with Gasteiger partial charge in [-0.3, -0.25) is 9.59 Å². The SMILES string of the molecule is CC(C)n1c(C(=O)N2CCS(=O)(=O)CC2)cc2cc(C(=O)N3CCCC(N(C)C)C3)ccc21. The van der Waals surface area contributed by atoms with Crippen LogP contribution < -0.4 is 0 Å². The number of piperidine rings is 1. The number of amides is 2. The molecule has 2 fully saturated rings. The average Bonchev–Trinajstić information content (AvgIpc) is 3.17. The van der Waals surface area contributed by atoms with Crippen LogP contribution in [0, 0.1) is 0 Å². The topological polar surface area (TPSA) is 82.9 Å². The van der Waals surface area contributed by atoms with Gasteiger partial charge in [0.1, 0.15) is 5.69 Å². The van der Waals surface area contributed by atoms with E-state index in [1.807, 2.05) is 47.6 Å². The van der Waals surface area contributed by atoms with Gasteiger partial charge in [-0.1, -0.05) is 0 Å². The third-order valence-corrected chi connectivity index (χ3v) is 8.48. The first-order valence-corrected chi connectivity index (χ1v) is 13.5. The van der Waals surface area contributed by atoms with E-state index in [0.29, 0.717) is 17.3 Å². The monoisotopic (exact) mass is 474 g/mol. The van der Waals surface area contributed by atoms with Crippen LogP contribution in [0.5, 0.6) is 0 Å². The summed E-state index contributed by atoms with van der Waals surface area (Å²) in [6, 6.07) is 7.91. The van der Waals surface area contributed by atoms with Crippen molar-refractivity contribution in [2.75, 3.05) is 51.8 Å². The molecule has 33 heavy (non-hydrogen) atoms. The number of aromatic nitrogens is 1.